The summed E-state index contributed by atoms with van der Waals surface area (Å²) in [7, 11) is 1.56. The highest BCUT2D eigenvalue weighted by Gasteiger charge is 2.06. The van der Waals surface area contributed by atoms with E-state index in [0.29, 0.717) is 19.4 Å². The maximum absolute atomic E-state index is 10.2. The summed E-state index contributed by atoms with van der Waals surface area (Å²) in [5.41, 5.74) is 0. The summed E-state index contributed by atoms with van der Waals surface area (Å²) in [6.07, 6.45) is 3.31. The van der Waals surface area contributed by atoms with Gasteiger partial charge in [0.1, 0.15) is 0 Å². The molecule has 0 spiro atoms. The molecule has 0 aromatic heterocycles. The van der Waals surface area contributed by atoms with Crippen molar-refractivity contribution in [2.24, 2.45) is 0 Å². The summed E-state index contributed by atoms with van der Waals surface area (Å²) < 4.78 is 4.64. The zero-order valence-electron chi connectivity index (χ0n) is 8.63. The maximum Gasteiger partial charge on any atom is 0.305 e. The number of hydrogen-bond acceptors (Lipinski definition) is 3. The van der Waals surface area contributed by atoms with Crippen LogP contribution in [0, 0.1) is 0 Å². The SMILES string of the molecule is CC.CNC=O.O=C1CCCCO1. The van der Waals surface area contributed by atoms with Crippen LogP contribution in [0.3, 0.4) is 0 Å². The highest BCUT2D eigenvalue weighted by Crippen LogP contribution is 2.04. The molecule has 0 unspecified atom stereocenters. The van der Waals surface area contributed by atoms with Gasteiger partial charge in [0.25, 0.3) is 0 Å². The molecule has 1 heterocycles. The molecular weight excluding hydrogens is 170 g/mol. The van der Waals surface area contributed by atoms with Crippen molar-refractivity contribution < 1.29 is 14.3 Å². The summed E-state index contributed by atoms with van der Waals surface area (Å²) in [5, 5.41) is 2.25. The van der Waals surface area contributed by atoms with E-state index in [4.69, 9.17) is 4.79 Å². The molecule has 4 nitrogen and oxygen atoms in total. The number of nitrogens with one attached hydrogen (secondary N) is 1. The molecule has 1 rings (SSSR count). The molecule has 1 aliphatic heterocycles. The molecule has 1 N–H and O–H groups in total. The Morgan fingerprint density at radius 2 is 1.92 bits per heavy atom. The second kappa shape index (κ2) is 13.5. The maximum atomic E-state index is 10.2. The van der Waals surface area contributed by atoms with Crippen molar-refractivity contribution in [3.63, 3.8) is 0 Å². The average Bonchev–Trinajstić information content (AvgIpc) is 2.22. The third-order valence-corrected chi connectivity index (χ3v) is 1.16. The molecule has 0 bridgehead atoms. The van der Waals surface area contributed by atoms with Gasteiger partial charge in [-0.05, 0) is 12.8 Å². The van der Waals surface area contributed by atoms with Crippen molar-refractivity contribution in [2.75, 3.05) is 13.7 Å². The van der Waals surface area contributed by atoms with Crippen LogP contribution in [0.2, 0.25) is 0 Å². The van der Waals surface area contributed by atoms with Gasteiger partial charge in [-0.3, -0.25) is 9.59 Å². The molecule has 4 heteroatoms. The number of cyclic esters (lactones) is 1. The molecule has 1 aliphatic rings. The van der Waals surface area contributed by atoms with Crippen LogP contribution in [-0.4, -0.2) is 26.0 Å². The molecule has 0 aromatic carbocycles. The first-order valence-electron chi connectivity index (χ1n) is 4.57. The summed E-state index contributed by atoms with van der Waals surface area (Å²) >= 11 is 0. The first-order valence-corrected chi connectivity index (χ1v) is 4.57. The Bertz CT molecular complexity index is 118. The highest BCUT2D eigenvalue weighted by atomic mass is 16.5. The Hall–Kier alpha value is -1.06. The van der Waals surface area contributed by atoms with Crippen LogP contribution in [0.1, 0.15) is 33.1 Å². The monoisotopic (exact) mass is 189 g/mol. The van der Waals surface area contributed by atoms with Crippen molar-refractivity contribution in [1.82, 2.24) is 5.32 Å². The van der Waals surface area contributed by atoms with Crippen molar-refractivity contribution >= 4 is 12.4 Å². The number of carbonyl (C=O) groups is 2. The van der Waals surface area contributed by atoms with Crippen molar-refractivity contribution in [3.8, 4) is 0 Å². The number of ether oxygens (including phenoxy) is 1. The van der Waals surface area contributed by atoms with Gasteiger partial charge in [0.15, 0.2) is 0 Å². The standard InChI is InChI=1S/C5H8O2.C2H5NO.C2H6/c6-5-3-1-2-4-7-5;1-3-2-4;1-2/h1-4H2;2H,1H3,(H,3,4);1-2H3. The minimum Gasteiger partial charge on any atom is -0.466 e. The molecule has 0 aliphatic carbocycles. The zero-order valence-corrected chi connectivity index (χ0v) is 8.63. The average molecular weight is 189 g/mol. The van der Waals surface area contributed by atoms with Gasteiger partial charge in [0.05, 0.1) is 6.61 Å². The van der Waals surface area contributed by atoms with E-state index >= 15 is 0 Å². The lowest BCUT2D eigenvalue weighted by Crippen LogP contribution is -2.10. The number of amides is 1. The Morgan fingerprint density at radius 3 is 2.08 bits per heavy atom. The molecule has 0 saturated carbocycles. The number of carbonyl (C=O) groups excluding carboxylic acids is 2. The first kappa shape index (κ1) is 14.5. The van der Waals surface area contributed by atoms with Gasteiger partial charge in [-0.1, -0.05) is 13.8 Å². The van der Waals surface area contributed by atoms with Crippen LogP contribution in [0.4, 0.5) is 0 Å². The van der Waals surface area contributed by atoms with Gasteiger partial charge in [0, 0.05) is 13.5 Å². The lowest BCUT2D eigenvalue weighted by Gasteiger charge is -2.08. The summed E-state index contributed by atoms with van der Waals surface area (Å²) in [4.78, 5) is 19.3. The predicted octanol–water partition coefficient (Wildman–Crippen LogP) is 1.10. The van der Waals surface area contributed by atoms with E-state index in [2.05, 4.69) is 10.1 Å². The molecule has 0 aromatic rings. The minimum absolute atomic E-state index is 0.0359. The molecule has 1 fully saturated rings. The van der Waals surface area contributed by atoms with E-state index in [1.807, 2.05) is 13.8 Å². The van der Waals surface area contributed by atoms with E-state index in [9.17, 15) is 4.79 Å². The Morgan fingerprint density at radius 1 is 1.38 bits per heavy atom. The van der Waals surface area contributed by atoms with Gasteiger partial charge >= 0.3 is 5.97 Å². The van der Waals surface area contributed by atoms with Gasteiger partial charge in [0.2, 0.25) is 6.41 Å². The fourth-order valence-corrected chi connectivity index (χ4v) is 0.630. The van der Waals surface area contributed by atoms with Gasteiger partial charge in [-0.15, -0.1) is 0 Å². The third kappa shape index (κ3) is 13.9. The largest absolute Gasteiger partial charge is 0.466 e. The topological polar surface area (TPSA) is 55.4 Å². The molecular formula is C9H19NO3. The summed E-state index contributed by atoms with van der Waals surface area (Å²) in [6, 6.07) is 0. The summed E-state index contributed by atoms with van der Waals surface area (Å²) in [5.74, 6) is -0.0359. The smallest absolute Gasteiger partial charge is 0.305 e. The molecule has 1 amide bonds. The third-order valence-electron chi connectivity index (χ3n) is 1.16. The van der Waals surface area contributed by atoms with Crippen molar-refractivity contribution in [2.45, 2.75) is 33.1 Å². The number of esters is 1. The van der Waals surface area contributed by atoms with E-state index in [1.165, 1.54) is 0 Å². The lowest BCUT2D eigenvalue weighted by molar-refractivity contribution is -0.146. The molecule has 0 radical (unpaired) electrons. The normalized spacial score (nSPS) is 13.6. The minimum atomic E-state index is -0.0359. The van der Waals surface area contributed by atoms with E-state index in [-0.39, 0.29) is 5.97 Å². The zero-order chi connectivity index (χ0) is 10.5. The van der Waals surface area contributed by atoms with E-state index in [0.717, 1.165) is 12.8 Å². The first-order chi connectivity index (χ1) is 6.31. The fraction of sp³-hybridized carbons (Fsp3) is 0.778. The van der Waals surface area contributed by atoms with Crippen LogP contribution in [0.5, 0.6) is 0 Å². The van der Waals surface area contributed by atoms with E-state index in [1.54, 1.807) is 7.05 Å². The predicted molar refractivity (Wildman–Crippen MR) is 51.3 cm³/mol. The highest BCUT2D eigenvalue weighted by molar-refractivity contribution is 5.69. The van der Waals surface area contributed by atoms with Gasteiger partial charge in [-0.2, -0.15) is 0 Å². The molecule has 78 valence electrons. The number of rotatable bonds is 1. The Balaban J connectivity index is 0. The molecule has 1 saturated heterocycles. The van der Waals surface area contributed by atoms with E-state index < -0.39 is 0 Å². The quantitative estimate of drug-likeness (QED) is 0.496. The Labute approximate surface area is 79.7 Å². The van der Waals surface area contributed by atoms with Gasteiger partial charge in [-0.25, -0.2) is 0 Å². The van der Waals surface area contributed by atoms with Crippen LogP contribution < -0.4 is 5.32 Å². The second-order valence-corrected chi connectivity index (χ2v) is 2.08. The van der Waals surface area contributed by atoms with Crippen molar-refractivity contribution in [1.29, 1.82) is 0 Å². The van der Waals surface area contributed by atoms with Gasteiger partial charge < -0.3 is 10.1 Å². The number of hydrogen-bond donors (Lipinski definition) is 1. The lowest BCUT2D eigenvalue weighted by atomic mass is 10.2. The fourth-order valence-electron chi connectivity index (χ4n) is 0.630. The van der Waals surface area contributed by atoms with Crippen LogP contribution >= 0.6 is 0 Å². The Kier molecular flexibility index (Phi) is 15.0. The van der Waals surface area contributed by atoms with Crippen LogP contribution in [-0.2, 0) is 14.3 Å². The van der Waals surface area contributed by atoms with Crippen LogP contribution in [0.15, 0.2) is 0 Å². The van der Waals surface area contributed by atoms with Crippen molar-refractivity contribution in [3.05, 3.63) is 0 Å². The van der Waals surface area contributed by atoms with Crippen LogP contribution in [0.25, 0.3) is 0 Å². The molecule has 13 heavy (non-hydrogen) atoms. The molecule has 0 atom stereocenters. The summed E-state index contributed by atoms with van der Waals surface area (Å²) in [6.45, 7) is 4.64. The second-order valence-electron chi connectivity index (χ2n) is 2.08.